The lowest BCUT2D eigenvalue weighted by Crippen LogP contribution is -2.10. The van der Waals surface area contributed by atoms with Crippen LogP contribution in [0.5, 0.6) is 0 Å². The Balaban J connectivity index is 2.30. The van der Waals surface area contributed by atoms with Crippen LogP contribution in [0.15, 0.2) is 17.2 Å². The normalized spacial score (nSPS) is 17.6. The molecular weight excluding hydrogens is 268 g/mol. The fraction of sp³-hybridized carbons (Fsp3) is 0.400. The van der Waals surface area contributed by atoms with E-state index in [0.29, 0.717) is 12.1 Å². The Bertz CT molecular complexity index is 746. The van der Waals surface area contributed by atoms with Crippen LogP contribution >= 0.6 is 0 Å². The molecule has 21 heavy (non-hydrogen) atoms. The number of fused-ring (bicyclic) bond motifs is 1. The minimum absolute atomic E-state index is 0.100. The third-order valence-electron chi connectivity index (χ3n) is 3.81. The summed E-state index contributed by atoms with van der Waals surface area (Å²) in [5.74, 6) is -0.820. The Labute approximate surface area is 122 Å². The minimum atomic E-state index is -0.920. The summed E-state index contributed by atoms with van der Waals surface area (Å²) in [5.41, 5.74) is 5.80. The summed E-state index contributed by atoms with van der Waals surface area (Å²) in [6, 6.07) is 3.95. The van der Waals surface area contributed by atoms with Gasteiger partial charge in [0.15, 0.2) is 0 Å². The molecule has 2 N–H and O–H groups in total. The van der Waals surface area contributed by atoms with E-state index in [0.717, 1.165) is 22.2 Å². The largest absolute Gasteiger partial charge is 0.478 e. The summed E-state index contributed by atoms with van der Waals surface area (Å²) in [6.45, 7) is 6.63. The Morgan fingerprint density at radius 2 is 2.24 bits per heavy atom. The quantitative estimate of drug-likeness (QED) is 0.907. The monoisotopic (exact) mass is 286 g/mol. The highest BCUT2D eigenvalue weighted by Gasteiger charge is 2.22. The van der Waals surface area contributed by atoms with Gasteiger partial charge >= 0.3 is 5.97 Å². The molecule has 1 aromatic carbocycles. The molecule has 6 nitrogen and oxygen atoms in total. The van der Waals surface area contributed by atoms with E-state index >= 15 is 0 Å². The maximum absolute atomic E-state index is 11.6. The molecule has 0 amide bonds. The smallest absolute Gasteiger partial charge is 0.336 e. The van der Waals surface area contributed by atoms with Crippen LogP contribution in [-0.4, -0.2) is 33.6 Å². The minimum Gasteiger partial charge on any atom is -0.478 e. The number of aromatic nitrogens is 2. The number of rotatable bonds is 3. The average molecular weight is 286 g/mol. The summed E-state index contributed by atoms with van der Waals surface area (Å²) >= 11 is 0. The van der Waals surface area contributed by atoms with Crippen LogP contribution in [0.25, 0.3) is 10.9 Å². The van der Waals surface area contributed by atoms with Crippen molar-refractivity contribution < 1.29 is 9.90 Å². The van der Waals surface area contributed by atoms with Crippen molar-refractivity contribution in [2.45, 2.75) is 32.7 Å². The Morgan fingerprint density at radius 3 is 2.81 bits per heavy atom. The predicted molar refractivity (Wildman–Crippen MR) is 81.1 cm³/mol. The molecule has 1 aliphatic heterocycles. The Morgan fingerprint density at radius 1 is 1.48 bits per heavy atom. The van der Waals surface area contributed by atoms with E-state index in [2.05, 4.69) is 15.6 Å². The summed E-state index contributed by atoms with van der Waals surface area (Å²) in [4.78, 5) is 11.6. The molecular formula is C15H18N4O2. The molecule has 0 spiro atoms. The molecule has 0 saturated carbocycles. The van der Waals surface area contributed by atoms with Crippen LogP contribution in [0.4, 0.5) is 0 Å². The summed E-state index contributed by atoms with van der Waals surface area (Å²) in [6.07, 6.45) is 1.82. The second-order valence-electron chi connectivity index (χ2n) is 5.64. The molecule has 0 fully saturated rings. The molecule has 2 aromatic rings. The molecule has 0 saturated heterocycles. The fourth-order valence-corrected chi connectivity index (χ4v) is 2.80. The number of carbonyl (C=O) groups is 1. The topological polar surface area (TPSA) is 79.5 Å². The molecule has 0 aliphatic carbocycles. The van der Waals surface area contributed by atoms with Crippen molar-refractivity contribution in [2.24, 2.45) is 5.10 Å². The first-order valence-corrected chi connectivity index (χ1v) is 7.01. The van der Waals surface area contributed by atoms with Gasteiger partial charge < -0.3 is 10.5 Å². The number of hydrogen-bond acceptors (Lipinski definition) is 4. The number of hydrazone groups is 1. The van der Waals surface area contributed by atoms with E-state index in [-0.39, 0.29) is 12.0 Å². The van der Waals surface area contributed by atoms with Gasteiger partial charge in [0.2, 0.25) is 0 Å². The van der Waals surface area contributed by atoms with Gasteiger partial charge in [-0.05, 0) is 38.5 Å². The highest BCUT2D eigenvalue weighted by atomic mass is 16.4. The van der Waals surface area contributed by atoms with E-state index in [9.17, 15) is 9.90 Å². The maximum atomic E-state index is 11.6. The Hall–Kier alpha value is -2.37. The van der Waals surface area contributed by atoms with Crippen molar-refractivity contribution >= 4 is 23.1 Å². The molecule has 6 heteroatoms. The van der Waals surface area contributed by atoms with Gasteiger partial charge in [0, 0.05) is 30.1 Å². The van der Waals surface area contributed by atoms with Gasteiger partial charge in [-0.25, -0.2) is 4.79 Å². The first kappa shape index (κ1) is 13.6. The Kier molecular flexibility index (Phi) is 3.16. The highest BCUT2D eigenvalue weighted by molar-refractivity contribution is 6.04. The molecule has 1 aliphatic rings. The van der Waals surface area contributed by atoms with Crippen LogP contribution in [0.1, 0.15) is 47.4 Å². The molecule has 0 bridgehead atoms. The summed E-state index contributed by atoms with van der Waals surface area (Å²) in [5, 5.41) is 18.8. The maximum Gasteiger partial charge on any atom is 0.336 e. The number of hydrogen-bond donors (Lipinski definition) is 2. The first-order valence-electron chi connectivity index (χ1n) is 7.01. The molecule has 0 radical (unpaired) electrons. The number of aryl methyl sites for hydroxylation is 1. The molecule has 1 unspecified atom stereocenters. The van der Waals surface area contributed by atoms with Crippen molar-refractivity contribution in [2.75, 3.05) is 6.54 Å². The van der Waals surface area contributed by atoms with Crippen LogP contribution in [0.2, 0.25) is 0 Å². The van der Waals surface area contributed by atoms with Gasteiger partial charge in [0.05, 0.1) is 16.8 Å². The first-order chi connectivity index (χ1) is 9.99. The SMILES string of the molecule is Cc1nn(C(C)C)c2cc(C3C=NNC3)cc(C(=O)O)c12. The van der Waals surface area contributed by atoms with E-state index in [1.807, 2.05) is 37.7 Å². The molecule has 110 valence electrons. The number of carboxylic acids is 1. The standard InChI is InChI=1S/C15H18N4O2/c1-8(2)19-13-5-10(11-6-16-17-7-11)4-12(15(20)21)14(13)9(3)18-19/h4-6,8,11,17H,7H2,1-3H3,(H,20,21). The van der Waals surface area contributed by atoms with Gasteiger partial charge in [-0.15, -0.1) is 0 Å². The van der Waals surface area contributed by atoms with Crippen LogP contribution in [-0.2, 0) is 0 Å². The van der Waals surface area contributed by atoms with Crippen LogP contribution in [0.3, 0.4) is 0 Å². The van der Waals surface area contributed by atoms with Gasteiger partial charge in [0.1, 0.15) is 0 Å². The zero-order chi connectivity index (χ0) is 15.1. The summed E-state index contributed by atoms with van der Waals surface area (Å²) < 4.78 is 1.89. The van der Waals surface area contributed by atoms with E-state index in [1.165, 1.54) is 0 Å². The van der Waals surface area contributed by atoms with Gasteiger partial charge in [-0.2, -0.15) is 10.2 Å². The van der Waals surface area contributed by atoms with Gasteiger partial charge in [-0.1, -0.05) is 0 Å². The molecule has 1 aromatic heterocycles. The second-order valence-corrected chi connectivity index (χ2v) is 5.64. The van der Waals surface area contributed by atoms with E-state index in [4.69, 9.17) is 0 Å². The lowest BCUT2D eigenvalue weighted by molar-refractivity contribution is 0.0699. The van der Waals surface area contributed by atoms with Crippen molar-refractivity contribution in [3.8, 4) is 0 Å². The average Bonchev–Trinajstić information content (AvgIpc) is 3.06. The number of carboxylic acid groups (broad SMARTS) is 1. The van der Waals surface area contributed by atoms with Crippen LogP contribution in [0, 0.1) is 6.92 Å². The van der Waals surface area contributed by atoms with E-state index in [1.54, 1.807) is 6.07 Å². The van der Waals surface area contributed by atoms with Gasteiger partial charge in [-0.3, -0.25) is 4.68 Å². The van der Waals surface area contributed by atoms with Crippen molar-refractivity contribution in [1.82, 2.24) is 15.2 Å². The number of nitrogens with zero attached hydrogens (tertiary/aromatic N) is 3. The third kappa shape index (κ3) is 2.16. The second kappa shape index (κ2) is 4.87. The fourth-order valence-electron chi connectivity index (χ4n) is 2.80. The van der Waals surface area contributed by atoms with Crippen molar-refractivity contribution in [3.63, 3.8) is 0 Å². The molecule has 3 rings (SSSR count). The van der Waals surface area contributed by atoms with Crippen LogP contribution < -0.4 is 5.43 Å². The van der Waals surface area contributed by atoms with Crippen molar-refractivity contribution in [3.05, 3.63) is 29.0 Å². The molecule has 2 heterocycles. The predicted octanol–water partition coefficient (Wildman–Crippen LogP) is 2.30. The number of nitrogens with one attached hydrogen (secondary N) is 1. The highest BCUT2D eigenvalue weighted by Crippen LogP contribution is 2.30. The summed E-state index contributed by atoms with van der Waals surface area (Å²) in [7, 11) is 0. The number of benzene rings is 1. The zero-order valence-corrected chi connectivity index (χ0v) is 12.3. The molecule has 1 atom stereocenters. The van der Waals surface area contributed by atoms with Crippen molar-refractivity contribution in [1.29, 1.82) is 0 Å². The van der Waals surface area contributed by atoms with Gasteiger partial charge in [0.25, 0.3) is 0 Å². The number of aromatic carboxylic acids is 1. The van der Waals surface area contributed by atoms with E-state index < -0.39 is 5.97 Å². The lowest BCUT2D eigenvalue weighted by Gasteiger charge is -2.12. The zero-order valence-electron chi connectivity index (χ0n) is 12.3. The third-order valence-corrected chi connectivity index (χ3v) is 3.81. The lowest BCUT2D eigenvalue weighted by atomic mass is 9.95.